The van der Waals surface area contributed by atoms with Gasteiger partial charge < -0.3 is 10.4 Å². The van der Waals surface area contributed by atoms with Gasteiger partial charge in [0.2, 0.25) is 0 Å². The van der Waals surface area contributed by atoms with Gasteiger partial charge in [-0.3, -0.25) is 4.99 Å². The second kappa shape index (κ2) is 7.25. The first-order chi connectivity index (χ1) is 14.2. The van der Waals surface area contributed by atoms with Crippen molar-refractivity contribution in [1.29, 1.82) is 0 Å². The molecule has 1 aliphatic heterocycles. The molecule has 2 N–H and O–H groups in total. The molecule has 2 aliphatic rings. The molecule has 3 aromatic carbocycles. The van der Waals surface area contributed by atoms with Crippen molar-refractivity contribution in [3.05, 3.63) is 101 Å². The molecular weight excluding hydrogens is 356 g/mol. The Kier molecular flexibility index (Phi) is 4.44. The summed E-state index contributed by atoms with van der Waals surface area (Å²) in [6.45, 7) is 2.16. The summed E-state index contributed by atoms with van der Waals surface area (Å²) in [5, 5.41) is 13.2. The number of benzene rings is 3. The van der Waals surface area contributed by atoms with Gasteiger partial charge in [-0.05, 0) is 78.4 Å². The molecule has 0 radical (unpaired) electrons. The summed E-state index contributed by atoms with van der Waals surface area (Å²) in [5.41, 5.74) is 7.19. The number of nitrogens with one attached hydrogen (secondary N) is 1. The molecule has 0 aromatic heterocycles. The molecule has 0 bridgehead atoms. The van der Waals surface area contributed by atoms with Gasteiger partial charge >= 0.3 is 0 Å². The molecule has 1 heterocycles. The molecule has 0 saturated carbocycles. The zero-order valence-electron chi connectivity index (χ0n) is 16.4. The average Bonchev–Trinajstić information content (AvgIpc) is 3.24. The van der Waals surface area contributed by atoms with Crippen molar-refractivity contribution in [1.82, 2.24) is 0 Å². The second-order valence-electron chi connectivity index (χ2n) is 8.01. The lowest BCUT2D eigenvalue weighted by Gasteiger charge is -2.37. The Labute approximate surface area is 171 Å². The van der Waals surface area contributed by atoms with Crippen LogP contribution in [0.25, 0.3) is 0 Å². The molecule has 3 heteroatoms. The van der Waals surface area contributed by atoms with Crippen LogP contribution in [0.4, 0.5) is 11.4 Å². The lowest BCUT2D eigenvalue weighted by molar-refractivity contribution is 0.425. The van der Waals surface area contributed by atoms with Gasteiger partial charge in [0.05, 0.1) is 11.7 Å². The molecule has 0 amide bonds. The van der Waals surface area contributed by atoms with Gasteiger partial charge in [0.25, 0.3) is 0 Å². The maximum absolute atomic E-state index is 9.38. The van der Waals surface area contributed by atoms with E-state index in [1.165, 1.54) is 22.4 Å². The largest absolute Gasteiger partial charge is 0.508 e. The fourth-order valence-corrected chi connectivity index (χ4v) is 4.52. The van der Waals surface area contributed by atoms with E-state index in [0.717, 1.165) is 17.7 Å². The van der Waals surface area contributed by atoms with Crippen LogP contribution in [0.1, 0.15) is 40.6 Å². The molecule has 29 heavy (non-hydrogen) atoms. The van der Waals surface area contributed by atoms with Gasteiger partial charge in [0, 0.05) is 17.8 Å². The maximum Gasteiger partial charge on any atom is 0.115 e. The SMILES string of the molecule is Cc1ccc2c(c1)[C@@H]1C=CC[C@H]1[C@H](c1ccc(N=Cc3ccc(O)cc3)cc1)N2. The number of nitrogens with zero attached hydrogens (tertiary/aromatic N) is 1. The van der Waals surface area contributed by atoms with E-state index in [2.05, 4.69) is 71.8 Å². The first-order valence-electron chi connectivity index (χ1n) is 10.1. The highest BCUT2D eigenvalue weighted by atomic mass is 16.3. The van der Waals surface area contributed by atoms with Crippen LogP contribution in [0.15, 0.2) is 83.9 Å². The Bertz CT molecular complexity index is 1080. The van der Waals surface area contributed by atoms with Crippen LogP contribution < -0.4 is 5.32 Å². The number of aryl methyl sites for hydroxylation is 1. The van der Waals surface area contributed by atoms with Gasteiger partial charge in [0.1, 0.15) is 5.75 Å². The summed E-state index contributed by atoms with van der Waals surface area (Å²) in [7, 11) is 0. The third-order valence-corrected chi connectivity index (χ3v) is 6.03. The number of hydrogen-bond donors (Lipinski definition) is 2. The van der Waals surface area contributed by atoms with Crippen molar-refractivity contribution in [2.24, 2.45) is 10.9 Å². The molecule has 0 unspecified atom stereocenters. The predicted octanol–water partition coefficient (Wildman–Crippen LogP) is 6.28. The van der Waals surface area contributed by atoms with Gasteiger partial charge in [0.15, 0.2) is 0 Å². The highest BCUT2D eigenvalue weighted by Crippen LogP contribution is 2.49. The molecule has 1 aliphatic carbocycles. The number of hydrogen-bond acceptors (Lipinski definition) is 3. The van der Waals surface area contributed by atoms with E-state index in [1.54, 1.807) is 12.1 Å². The standard InChI is InChI=1S/C26H24N2O/c1-17-5-14-25-24(15-17)22-3-2-4-23(22)26(28-25)19-8-10-20(11-9-19)27-16-18-6-12-21(29)13-7-18/h2-3,5-16,22-23,26,28-29H,4H2,1H3/t22-,23-,26+/m1/s1. The summed E-state index contributed by atoms with van der Waals surface area (Å²) in [6, 6.07) is 22.6. The first kappa shape index (κ1) is 17.7. The Morgan fingerprint density at radius 1 is 1.00 bits per heavy atom. The minimum atomic E-state index is 0.267. The number of phenolic OH excluding ortho intramolecular Hbond substituents is 1. The fourth-order valence-electron chi connectivity index (χ4n) is 4.52. The maximum atomic E-state index is 9.38. The summed E-state index contributed by atoms with van der Waals surface area (Å²) >= 11 is 0. The van der Waals surface area contributed by atoms with Crippen molar-refractivity contribution in [2.75, 3.05) is 5.32 Å². The summed E-state index contributed by atoms with van der Waals surface area (Å²) < 4.78 is 0. The van der Waals surface area contributed by atoms with Crippen LogP contribution in [-0.4, -0.2) is 11.3 Å². The lowest BCUT2D eigenvalue weighted by Crippen LogP contribution is -2.29. The first-order valence-corrected chi connectivity index (χ1v) is 10.1. The molecule has 0 saturated heterocycles. The van der Waals surface area contributed by atoms with E-state index in [9.17, 15) is 5.11 Å². The van der Waals surface area contributed by atoms with E-state index >= 15 is 0 Å². The van der Waals surface area contributed by atoms with Gasteiger partial charge in [-0.1, -0.05) is 42.0 Å². The molecule has 0 fully saturated rings. The monoisotopic (exact) mass is 380 g/mol. The van der Waals surface area contributed by atoms with Crippen molar-refractivity contribution in [2.45, 2.75) is 25.3 Å². The fraction of sp³-hybridized carbons (Fsp3) is 0.192. The minimum absolute atomic E-state index is 0.267. The minimum Gasteiger partial charge on any atom is -0.508 e. The Morgan fingerprint density at radius 2 is 1.79 bits per heavy atom. The zero-order chi connectivity index (χ0) is 19.8. The normalized spacial score (nSPS) is 22.3. The van der Waals surface area contributed by atoms with Crippen molar-refractivity contribution >= 4 is 17.6 Å². The van der Waals surface area contributed by atoms with Crippen molar-refractivity contribution < 1.29 is 5.11 Å². The van der Waals surface area contributed by atoms with Gasteiger partial charge in [-0.2, -0.15) is 0 Å². The molecule has 3 nitrogen and oxygen atoms in total. The zero-order valence-corrected chi connectivity index (χ0v) is 16.4. The molecule has 3 aromatic rings. The molecule has 0 spiro atoms. The van der Waals surface area contributed by atoms with E-state index in [-0.39, 0.29) is 5.75 Å². The highest BCUT2D eigenvalue weighted by molar-refractivity contribution is 5.82. The van der Waals surface area contributed by atoms with E-state index in [4.69, 9.17) is 0 Å². The molecule has 3 atom stereocenters. The predicted molar refractivity (Wildman–Crippen MR) is 119 cm³/mol. The van der Waals surface area contributed by atoms with Crippen LogP contribution >= 0.6 is 0 Å². The van der Waals surface area contributed by atoms with Crippen LogP contribution in [0, 0.1) is 12.8 Å². The molecule has 5 rings (SSSR count). The topological polar surface area (TPSA) is 44.6 Å². The average molecular weight is 380 g/mol. The number of rotatable bonds is 3. The smallest absolute Gasteiger partial charge is 0.115 e. The number of aromatic hydroxyl groups is 1. The third-order valence-electron chi connectivity index (χ3n) is 6.03. The number of allylic oxidation sites excluding steroid dienone is 2. The lowest BCUT2D eigenvalue weighted by atomic mass is 9.76. The quantitative estimate of drug-likeness (QED) is 0.415. The molecule has 144 valence electrons. The van der Waals surface area contributed by atoms with Crippen molar-refractivity contribution in [3.8, 4) is 5.75 Å². The van der Waals surface area contributed by atoms with Gasteiger partial charge in [-0.25, -0.2) is 0 Å². The van der Waals surface area contributed by atoms with Crippen LogP contribution in [0.3, 0.4) is 0 Å². The van der Waals surface area contributed by atoms with Crippen LogP contribution in [0.5, 0.6) is 5.75 Å². The van der Waals surface area contributed by atoms with Crippen LogP contribution in [-0.2, 0) is 0 Å². The van der Waals surface area contributed by atoms with Gasteiger partial charge in [-0.15, -0.1) is 0 Å². The number of aliphatic imine (C=N–C) groups is 1. The van der Waals surface area contributed by atoms with E-state index in [1.807, 2.05) is 18.3 Å². The van der Waals surface area contributed by atoms with E-state index < -0.39 is 0 Å². The Balaban J connectivity index is 1.38. The molecular formula is C26H24N2O. The number of phenols is 1. The van der Waals surface area contributed by atoms with E-state index in [0.29, 0.717) is 17.9 Å². The number of fused-ring (bicyclic) bond motifs is 3. The number of anilines is 1. The Hall–Kier alpha value is -3.33. The summed E-state index contributed by atoms with van der Waals surface area (Å²) in [6.07, 6.45) is 7.64. The summed E-state index contributed by atoms with van der Waals surface area (Å²) in [4.78, 5) is 4.57. The summed E-state index contributed by atoms with van der Waals surface area (Å²) in [5.74, 6) is 1.31. The second-order valence-corrected chi connectivity index (χ2v) is 8.01. The Morgan fingerprint density at radius 3 is 2.59 bits per heavy atom. The van der Waals surface area contributed by atoms with Crippen LogP contribution in [0.2, 0.25) is 0 Å². The third kappa shape index (κ3) is 3.44. The van der Waals surface area contributed by atoms with Crippen molar-refractivity contribution in [3.63, 3.8) is 0 Å². The highest BCUT2D eigenvalue weighted by Gasteiger charge is 2.37.